The number of aromatic nitrogens is 1. The van der Waals surface area contributed by atoms with E-state index in [-0.39, 0.29) is 23.6 Å². The molecule has 1 aromatic carbocycles. The SMILES string of the molecule is CC#CC(=O)N1CCC2(CCN(c3c(F)cc(CC(N)=O)c4[nH]c(C)c(C)c34)C2)C1. The van der Waals surface area contributed by atoms with Crippen LogP contribution in [0.2, 0.25) is 0 Å². The van der Waals surface area contributed by atoms with E-state index in [0.29, 0.717) is 30.9 Å². The quantitative estimate of drug-likeness (QED) is 0.763. The molecule has 1 spiro atoms. The Kier molecular flexibility index (Phi) is 4.97. The van der Waals surface area contributed by atoms with Crippen molar-refractivity contribution in [1.82, 2.24) is 9.88 Å². The zero-order valence-corrected chi connectivity index (χ0v) is 17.7. The van der Waals surface area contributed by atoms with Gasteiger partial charge in [0.25, 0.3) is 5.91 Å². The lowest BCUT2D eigenvalue weighted by atomic mass is 9.86. The van der Waals surface area contributed by atoms with Gasteiger partial charge in [-0.25, -0.2) is 4.39 Å². The molecule has 7 heteroatoms. The summed E-state index contributed by atoms with van der Waals surface area (Å²) in [4.78, 5) is 30.9. The number of nitrogens with one attached hydrogen (secondary N) is 1. The van der Waals surface area contributed by atoms with Crippen molar-refractivity contribution in [1.29, 1.82) is 0 Å². The number of rotatable bonds is 3. The van der Waals surface area contributed by atoms with E-state index in [0.717, 1.165) is 41.5 Å². The molecule has 2 saturated heterocycles. The number of amides is 2. The number of aryl methyl sites for hydroxylation is 2. The Balaban J connectivity index is 1.69. The smallest absolute Gasteiger partial charge is 0.298 e. The molecule has 2 amide bonds. The van der Waals surface area contributed by atoms with Crippen molar-refractivity contribution in [3.8, 4) is 11.8 Å². The van der Waals surface area contributed by atoms with Crippen LogP contribution in [0.4, 0.5) is 10.1 Å². The largest absolute Gasteiger partial charge is 0.369 e. The number of hydrogen-bond acceptors (Lipinski definition) is 3. The molecule has 1 unspecified atom stereocenters. The maximum absolute atomic E-state index is 15.4. The summed E-state index contributed by atoms with van der Waals surface area (Å²) in [6.07, 6.45) is 1.80. The Labute approximate surface area is 175 Å². The van der Waals surface area contributed by atoms with Gasteiger partial charge in [0.05, 0.1) is 17.6 Å². The molecule has 0 radical (unpaired) electrons. The van der Waals surface area contributed by atoms with Crippen molar-refractivity contribution >= 4 is 28.4 Å². The van der Waals surface area contributed by atoms with Gasteiger partial charge in [0, 0.05) is 42.7 Å². The van der Waals surface area contributed by atoms with E-state index in [9.17, 15) is 9.59 Å². The second-order valence-corrected chi connectivity index (χ2v) is 8.66. The maximum atomic E-state index is 15.4. The van der Waals surface area contributed by atoms with Crippen LogP contribution in [0.25, 0.3) is 10.9 Å². The molecular formula is C23H27FN4O2. The van der Waals surface area contributed by atoms with Crippen molar-refractivity contribution < 1.29 is 14.0 Å². The molecule has 0 bridgehead atoms. The Bertz CT molecular complexity index is 1110. The predicted octanol–water partition coefficient (Wildman–Crippen LogP) is 2.40. The molecule has 3 N–H and O–H groups in total. The zero-order valence-electron chi connectivity index (χ0n) is 17.7. The highest BCUT2D eigenvalue weighted by Gasteiger charge is 2.45. The highest BCUT2D eigenvalue weighted by molar-refractivity contribution is 6.00. The zero-order chi connectivity index (χ0) is 21.6. The van der Waals surface area contributed by atoms with Gasteiger partial charge in [-0.15, -0.1) is 0 Å². The third-order valence-corrected chi connectivity index (χ3v) is 6.66. The molecular weight excluding hydrogens is 383 g/mol. The molecule has 6 nitrogen and oxygen atoms in total. The van der Waals surface area contributed by atoms with Gasteiger partial charge in [0.1, 0.15) is 5.82 Å². The first-order valence-electron chi connectivity index (χ1n) is 10.3. The van der Waals surface area contributed by atoms with E-state index < -0.39 is 5.91 Å². The number of primary amides is 1. The predicted molar refractivity (Wildman–Crippen MR) is 115 cm³/mol. The molecule has 30 heavy (non-hydrogen) atoms. The molecule has 0 aliphatic carbocycles. The number of fused-ring (bicyclic) bond motifs is 1. The first-order chi connectivity index (χ1) is 14.2. The highest BCUT2D eigenvalue weighted by atomic mass is 19.1. The summed E-state index contributed by atoms with van der Waals surface area (Å²) in [6, 6.07) is 1.43. The molecule has 1 aromatic heterocycles. The van der Waals surface area contributed by atoms with Gasteiger partial charge in [-0.05, 0) is 56.7 Å². The topological polar surface area (TPSA) is 82.4 Å². The Morgan fingerprint density at radius 1 is 1.27 bits per heavy atom. The molecule has 2 fully saturated rings. The van der Waals surface area contributed by atoms with Crippen LogP contribution in [-0.2, 0) is 16.0 Å². The van der Waals surface area contributed by atoms with Crippen LogP contribution in [0.3, 0.4) is 0 Å². The minimum atomic E-state index is -0.487. The van der Waals surface area contributed by atoms with E-state index >= 15 is 4.39 Å². The molecule has 2 aromatic rings. The third-order valence-electron chi connectivity index (χ3n) is 6.66. The number of hydrogen-bond donors (Lipinski definition) is 2. The van der Waals surface area contributed by atoms with Gasteiger partial charge >= 0.3 is 0 Å². The second-order valence-electron chi connectivity index (χ2n) is 8.66. The number of nitrogens with two attached hydrogens (primary N) is 1. The molecule has 2 aliphatic rings. The number of carbonyl (C=O) groups excluding carboxylic acids is 2. The average molecular weight is 410 g/mol. The van der Waals surface area contributed by atoms with E-state index in [4.69, 9.17) is 5.73 Å². The first kappa shape index (κ1) is 20.3. The molecule has 3 heterocycles. The van der Waals surface area contributed by atoms with Crippen LogP contribution < -0.4 is 10.6 Å². The Hall–Kier alpha value is -3.01. The average Bonchev–Trinajstić information content (AvgIpc) is 3.36. The van der Waals surface area contributed by atoms with Crippen molar-refractivity contribution in [2.24, 2.45) is 11.1 Å². The van der Waals surface area contributed by atoms with Gasteiger partial charge in [-0.3, -0.25) is 9.59 Å². The van der Waals surface area contributed by atoms with Gasteiger partial charge in [0.15, 0.2) is 0 Å². The Morgan fingerprint density at radius 3 is 2.70 bits per heavy atom. The summed E-state index contributed by atoms with van der Waals surface area (Å²) < 4.78 is 15.4. The summed E-state index contributed by atoms with van der Waals surface area (Å²) in [5.74, 6) is 4.35. The minimum absolute atomic E-state index is 0.00737. The lowest BCUT2D eigenvalue weighted by Crippen LogP contribution is -2.33. The van der Waals surface area contributed by atoms with Gasteiger partial charge in [-0.1, -0.05) is 5.92 Å². The number of carbonyl (C=O) groups is 2. The standard InChI is InChI=1S/C23H27FN4O2/c1-4-5-19(30)27-8-6-23(12-27)7-9-28(13-23)22-17(24)10-16(11-18(25)29)21-20(22)14(2)15(3)26-21/h10,26H,6-9,11-13H2,1-3H3,(H2,25,29). The minimum Gasteiger partial charge on any atom is -0.369 e. The summed E-state index contributed by atoms with van der Waals surface area (Å²) in [6.45, 7) is 8.36. The number of benzene rings is 1. The maximum Gasteiger partial charge on any atom is 0.298 e. The Morgan fingerprint density at radius 2 is 2.00 bits per heavy atom. The summed E-state index contributed by atoms with van der Waals surface area (Å²) >= 11 is 0. The second kappa shape index (κ2) is 7.35. The normalized spacial score (nSPS) is 20.8. The van der Waals surface area contributed by atoms with Crippen molar-refractivity contribution in [2.75, 3.05) is 31.1 Å². The number of nitrogens with zero attached hydrogens (tertiary/aromatic N) is 2. The molecule has 158 valence electrons. The van der Waals surface area contributed by atoms with E-state index in [1.165, 1.54) is 6.07 Å². The summed E-state index contributed by atoms with van der Waals surface area (Å²) in [5.41, 5.74) is 9.22. The van der Waals surface area contributed by atoms with Crippen molar-refractivity contribution in [3.05, 3.63) is 28.7 Å². The fraction of sp³-hybridized carbons (Fsp3) is 0.478. The van der Waals surface area contributed by atoms with Gasteiger partial charge < -0.3 is 20.5 Å². The molecule has 4 rings (SSSR count). The van der Waals surface area contributed by atoms with Gasteiger partial charge in [-0.2, -0.15) is 0 Å². The third kappa shape index (κ3) is 3.30. The number of aromatic amines is 1. The fourth-order valence-corrected chi connectivity index (χ4v) is 5.06. The van der Waals surface area contributed by atoms with Crippen LogP contribution in [0.5, 0.6) is 0 Å². The van der Waals surface area contributed by atoms with Crippen LogP contribution >= 0.6 is 0 Å². The van der Waals surface area contributed by atoms with Crippen molar-refractivity contribution in [3.63, 3.8) is 0 Å². The number of halogens is 1. The van der Waals surface area contributed by atoms with Gasteiger partial charge in [0.2, 0.25) is 5.91 Å². The van der Waals surface area contributed by atoms with Crippen molar-refractivity contribution in [2.45, 2.75) is 40.0 Å². The van der Waals surface area contributed by atoms with E-state index in [1.54, 1.807) is 6.92 Å². The molecule has 1 atom stereocenters. The number of likely N-dealkylation sites (tertiary alicyclic amines) is 1. The van der Waals surface area contributed by atoms with Crippen LogP contribution in [0, 0.1) is 36.9 Å². The molecule has 0 saturated carbocycles. The monoisotopic (exact) mass is 410 g/mol. The lowest BCUT2D eigenvalue weighted by Gasteiger charge is -2.26. The van der Waals surface area contributed by atoms with Crippen LogP contribution in [-0.4, -0.2) is 47.9 Å². The first-order valence-corrected chi connectivity index (χ1v) is 10.3. The van der Waals surface area contributed by atoms with E-state index in [2.05, 4.69) is 21.7 Å². The highest BCUT2D eigenvalue weighted by Crippen LogP contribution is 2.44. The van der Waals surface area contributed by atoms with Crippen LogP contribution in [0.1, 0.15) is 36.6 Å². The molecule has 2 aliphatic heterocycles. The lowest BCUT2D eigenvalue weighted by molar-refractivity contribution is -0.124. The van der Waals surface area contributed by atoms with Crippen LogP contribution in [0.15, 0.2) is 6.07 Å². The summed E-state index contributed by atoms with van der Waals surface area (Å²) in [5, 5.41) is 0.823. The fourth-order valence-electron chi connectivity index (χ4n) is 5.06. The van der Waals surface area contributed by atoms with E-state index in [1.807, 2.05) is 18.7 Å². The number of H-pyrrole nitrogens is 1. The number of anilines is 1. The summed E-state index contributed by atoms with van der Waals surface area (Å²) in [7, 11) is 0.